The van der Waals surface area contributed by atoms with Gasteiger partial charge in [-0.15, -0.1) is 0 Å². The minimum absolute atomic E-state index is 0. The molecule has 226 valence electrons. The Morgan fingerprint density at radius 1 is 0.884 bits per heavy atom. The van der Waals surface area contributed by atoms with Gasteiger partial charge in [-0.3, -0.25) is 34.1 Å². The van der Waals surface area contributed by atoms with Crippen LogP contribution in [0.25, 0.3) is 0 Å². The molecule has 3 atom stereocenters. The van der Waals surface area contributed by atoms with Gasteiger partial charge in [0, 0.05) is 19.5 Å². The zero-order chi connectivity index (χ0) is 31.0. The Morgan fingerprint density at radius 2 is 1.44 bits per heavy atom. The van der Waals surface area contributed by atoms with Crippen LogP contribution in [0.3, 0.4) is 0 Å². The molecule has 3 rings (SSSR count). The van der Waals surface area contributed by atoms with Gasteiger partial charge in [-0.1, -0.05) is 56.3 Å². The molecule has 13 nitrogen and oxygen atoms in total. The van der Waals surface area contributed by atoms with Crippen LogP contribution >= 0.6 is 0 Å². The van der Waals surface area contributed by atoms with Crippen LogP contribution in [-0.4, -0.2) is 77.5 Å². The van der Waals surface area contributed by atoms with E-state index in [0.717, 1.165) is 4.90 Å². The molecule has 1 heterocycles. The first-order valence-corrected chi connectivity index (χ1v) is 14.8. The van der Waals surface area contributed by atoms with Crippen LogP contribution in [-0.2, 0) is 30.9 Å². The van der Waals surface area contributed by atoms with Gasteiger partial charge in [0.25, 0.3) is 11.8 Å². The summed E-state index contributed by atoms with van der Waals surface area (Å²) in [6, 6.07) is 13.5. The topological polar surface area (TPSA) is 202 Å². The smallest absolute Gasteiger partial charge is 0.748 e. The predicted molar refractivity (Wildman–Crippen MR) is 148 cm³/mol. The molecule has 0 radical (unpaired) electrons. The molecule has 1 aliphatic rings. The number of imide groups is 1. The molecule has 1 aliphatic heterocycles. The van der Waals surface area contributed by atoms with Crippen molar-refractivity contribution in [2.24, 2.45) is 17.8 Å². The first-order chi connectivity index (χ1) is 19.8. The second kappa shape index (κ2) is 16.1. The Labute approximate surface area is 271 Å². The van der Waals surface area contributed by atoms with Gasteiger partial charge in [0.2, 0.25) is 17.7 Å². The van der Waals surface area contributed by atoms with Gasteiger partial charge in [-0.25, -0.2) is 13.9 Å². The molecular weight excluding hydrogens is 591 g/mol. The van der Waals surface area contributed by atoms with Crippen LogP contribution in [0, 0.1) is 17.8 Å². The SMILES string of the molecule is CC(C)C[C@@H](C(=O)N[C@@H](Cc1ccccc1)C(=O)NCCS(=O)(=O)[O-])C(CN1C(=O)c2ccccc2C1=O)C(=O)NO.[Na+]. The van der Waals surface area contributed by atoms with Crippen molar-refractivity contribution in [1.82, 2.24) is 21.0 Å². The van der Waals surface area contributed by atoms with E-state index in [1.165, 1.54) is 17.6 Å². The number of hydrogen-bond donors (Lipinski definition) is 4. The fourth-order valence-corrected chi connectivity index (χ4v) is 5.15. The van der Waals surface area contributed by atoms with Crippen molar-refractivity contribution >= 4 is 39.7 Å². The third kappa shape index (κ3) is 9.95. The van der Waals surface area contributed by atoms with E-state index in [1.54, 1.807) is 56.3 Å². The number of benzene rings is 2. The first-order valence-electron chi connectivity index (χ1n) is 13.3. The van der Waals surface area contributed by atoms with Crippen LogP contribution in [0.2, 0.25) is 0 Å². The Kier molecular flexibility index (Phi) is 13.5. The van der Waals surface area contributed by atoms with Crippen LogP contribution in [0.5, 0.6) is 0 Å². The summed E-state index contributed by atoms with van der Waals surface area (Å²) in [5, 5.41) is 14.5. The molecule has 0 saturated heterocycles. The quantitative estimate of drug-likeness (QED) is 0.0574. The number of hydroxylamine groups is 1. The summed E-state index contributed by atoms with van der Waals surface area (Å²) < 4.78 is 33.0. The molecule has 0 aliphatic carbocycles. The van der Waals surface area contributed by atoms with Gasteiger partial charge < -0.3 is 15.2 Å². The summed E-state index contributed by atoms with van der Waals surface area (Å²) in [5.74, 6) is -7.42. The average Bonchev–Trinajstić information content (AvgIpc) is 3.18. The minimum Gasteiger partial charge on any atom is -0.748 e. The maximum Gasteiger partial charge on any atom is 1.00 e. The Hall–Kier alpha value is -3.14. The summed E-state index contributed by atoms with van der Waals surface area (Å²) in [6.45, 7) is 2.58. The molecule has 2 aromatic carbocycles. The van der Waals surface area contributed by atoms with Crippen LogP contribution in [0.1, 0.15) is 46.5 Å². The summed E-state index contributed by atoms with van der Waals surface area (Å²) in [4.78, 5) is 66.5. The molecule has 0 spiro atoms. The van der Waals surface area contributed by atoms with E-state index in [-0.39, 0.29) is 59.4 Å². The third-order valence-electron chi connectivity index (χ3n) is 6.82. The summed E-state index contributed by atoms with van der Waals surface area (Å²) in [5.41, 5.74) is 2.48. The molecule has 0 bridgehead atoms. The molecule has 15 heteroatoms. The maximum atomic E-state index is 13.7. The average molecular weight is 625 g/mol. The number of hydrogen-bond acceptors (Lipinski definition) is 9. The van der Waals surface area contributed by atoms with E-state index in [9.17, 15) is 42.2 Å². The standard InChI is InChI=1S/C28H34N4O9S.Na/c1-17(2)14-21(22(25(34)31-38)16-32-27(36)19-10-6-7-11-20(19)28(32)37)24(33)30-23(15-18-8-4-3-5-9-18)26(35)29-12-13-42(39,40)41;/h3-11,17,21-23,38H,12-16H2,1-2H3,(H,29,35)(H,30,33)(H,31,34)(H,39,40,41);/q;+1/p-1/t21-,22?,23+;/m1./s1. The van der Waals surface area contributed by atoms with Crippen LogP contribution < -0.4 is 45.7 Å². The molecular formula is C28H33N4NaO9S. The molecule has 1 unspecified atom stereocenters. The molecule has 5 amide bonds. The second-order valence-corrected chi connectivity index (χ2v) is 11.9. The first kappa shape index (κ1) is 36.1. The number of nitrogens with one attached hydrogen (secondary N) is 3. The van der Waals surface area contributed by atoms with E-state index < -0.39 is 76.4 Å². The van der Waals surface area contributed by atoms with E-state index >= 15 is 0 Å². The van der Waals surface area contributed by atoms with Crippen LogP contribution in [0.4, 0.5) is 0 Å². The maximum absolute atomic E-state index is 13.7. The van der Waals surface area contributed by atoms with Gasteiger partial charge in [0.1, 0.15) is 6.04 Å². The van der Waals surface area contributed by atoms with Gasteiger partial charge in [0.15, 0.2) is 0 Å². The van der Waals surface area contributed by atoms with Gasteiger partial charge in [0.05, 0.1) is 38.8 Å². The molecule has 0 saturated carbocycles. The van der Waals surface area contributed by atoms with Gasteiger partial charge in [-0.05, 0) is 30.0 Å². The zero-order valence-corrected chi connectivity index (χ0v) is 26.9. The minimum atomic E-state index is -4.60. The Bertz CT molecular complexity index is 1400. The molecule has 4 N–H and O–H groups in total. The third-order valence-corrected chi connectivity index (χ3v) is 7.52. The van der Waals surface area contributed by atoms with E-state index in [0.29, 0.717) is 5.56 Å². The van der Waals surface area contributed by atoms with Gasteiger partial charge in [-0.2, -0.15) is 0 Å². The summed E-state index contributed by atoms with van der Waals surface area (Å²) in [7, 11) is -4.60. The number of carbonyl (C=O) groups excluding carboxylic acids is 5. The molecule has 0 fully saturated rings. The second-order valence-electron chi connectivity index (χ2n) is 10.4. The monoisotopic (exact) mass is 624 g/mol. The van der Waals surface area contributed by atoms with Crippen molar-refractivity contribution in [2.45, 2.75) is 32.7 Å². The zero-order valence-electron chi connectivity index (χ0n) is 24.1. The normalized spacial score (nSPS) is 14.8. The van der Waals surface area contributed by atoms with Crippen molar-refractivity contribution in [3.05, 3.63) is 71.3 Å². The fraction of sp³-hybridized carbons (Fsp3) is 0.393. The van der Waals surface area contributed by atoms with Crippen LogP contribution in [0.15, 0.2) is 54.6 Å². The van der Waals surface area contributed by atoms with Crippen molar-refractivity contribution in [2.75, 3.05) is 18.8 Å². The Morgan fingerprint density at radius 3 is 1.95 bits per heavy atom. The van der Waals surface area contributed by atoms with Gasteiger partial charge >= 0.3 is 29.6 Å². The van der Waals surface area contributed by atoms with Crippen molar-refractivity contribution in [3.8, 4) is 0 Å². The van der Waals surface area contributed by atoms with E-state index in [2.05, 4.69) is 10.6 Å². The molecule has 43 heavy (non-hydrogen) atoms. The molecule has 0 aromatic heterocycles. The number of nitrogens with zero attached hydrogens (tertiary/aromatic N) is 1. The Balaban J connectivity index is 0.00000645. The predicted octanol–water partition coefficient (Wildman–Crippen LogP) is -2.54. The largest absolute Gasteiger partial charge is 1.00 e. The summed E-state index contributed by atoms with van der Waals surface area (Å²) in [6.07, 6.45) is 0.0768. The van der Waals surface area contributed by atoms with Crippen molar-refractivity contribution in [3.63, 3.8) is 0 Å². The number of rotatable bonds is 14. The van der Waals surface area contributed by atoms with E-state index in [1.807, 2.05) is 0 Å². The number of amides is 5. The number of fused-ring (bicyclic) bond motifs is 1. The molecule has 2 aromatic rings. The van der Waals surface area contributed by atoms with E-state index in [4.69, 9.17) is 0 Å². The number of carbonyl (C=O) groups is 5. The van der Waals surface area contributed by atoms with Crippen molar-refractivity contribution < 1.29 is 71.7 Å². The van der Waals surface area contributed by atoms with Crippen molar-refractivity contribution in [1.29, 1.82) is 0 Å². The summed E-state index contributed by atoms with van der Waals surface area (Å²) >= 11 is 0. The fourth-order valence-electron chi connectivity index (χ4n) is 4.80.